The van der Waals surface area contributed by atoms with Crippen molar-refractivity contribution in [2.75, 3.05) is 33.3 Å². The Balaban J connectivity index is 1.52. The van der Waals surface area contributed by atoms with Crippen molar-refractivity contribution in [1.82, 2.24) is 10.2 Å². The molecule has 1 unspecified atom stereocenters. The van der Waals surface area contributed by atoms with E-state index in [0.29, 0.717) is 11.8 Å². The molecule has 3 rings (SSSR count). The number of ether oxygens (including phenoxy) is 1. The van der Waals surface area contributed by atoms with Gasteiger partial charge in [-0.2, -0.15) is 0 Å². The highest BCUT2D eigenvalue weighted by atomic mass is 16.5. The van der Waals surface area contributed by atoms with Gasteiger partial charge in [-0.3, -0.25) is 4.79 Å². The van der Waals surface area contributed by atoms with E-state index >= 15 is 0 Å². The van der Waals surface area contributed by atoms with Crippen LogP contribution >= 0.6 is 0 Å². The van der Waals surface area contributed by atoms with Gasteiger partial charge in [0.25, 0.3) is 0 Å². The Morgan fingerprint density at radius 3 is 2.73 bits per heavy atom. The summed E-state index contributed by atoms with van der Waals surface area (Å²) in [6.45, 7) is 3.67. The Bertz CT molecular complexity index is 504. The first kappa shape index (κ1) is 15.3. The number of nitrogens with zero attached hydrogens (tertiary/aromatic N) is 1. The van der Waals surface area contributed by atoms with Crippen LogP contribution in [0.5, 0.6) is 5.75 Å². The molecule has 4 nitrogen and oxygen atoms in total. The molecular weight excluding hydrogens is 276 g/mol. The third kappa shape index (κ3) is 3.43. The minimum absolute atomic E-state index is 0.214. The number of methoxy groups -OCH3 is 1. The summed E-state index contributed by atoms with van der Waals surface area (Å²) in [5.41, 5.74) is 1.29. The summed E-state index contributed by atoms with van der Waals surface area (Å²) in [5.74, 6) is 2.21. The number of carbonyl (C=O) groups excluding carboxylic acids is 1. The largest absolute Gasteiger partial charge is 0.496 e. The zero-order chi connectivity index (χ0) is 15.4. The molecule has 0 saturated carbocycles. The van der Waals surface area contributed by atoms with E-state index in [1.54, 1.807) is 7.11 Å². The number of benzene rings is 1. The molecule has 0 aliphatic carbocycles. The summed E-state index contributed by atoms with van der Waals surface area (Å²) < 4.78 is 5.44. The fourth-order valence-electron chi connectivity index (χ4n) is 3.66. The fraction of sp³-hybridized carbons (Fsp3) is 0.611. The third-order valence-corrected chi connectivity index (χ3v) is 5.04. The second-order valence-corrected chi connectivity index (χ2v) is 6.47. The van der Waals surface area contributed by atoms with Gasteiger partial charge in [-0.05, 0) is 49.8 Å². The minimum Gasteiger partial charge on any atom is -0.496 e. The lowest BCUT2D eigenvalue weighted by atomic mass is 9.89. The van der Waals surface area contributed by atoms with E-state index in [4.69, 9.17) is 4.74 Å². The monoisotopic (exact) mass is 302 g/mol. The van der Waals surface area contributed by atoms with Gasteiger partial charge in [0.1, 0.15) is 5.75 Å². The number of likely N-dealkylation sites (tertiary alicyclic amines) is 1. The Kier molecular flexibility index (Phi) is 4.98. The van der Waals surface area contributed by atoms with Crippen molar-refractivity contribution in [1.29, 1.82) is 0 Å². The van der Waals surface area contributed by atoms with Crippen LogP contribution < -0.4 is 10.1 Å². The predicted octanol–water partition coefficient (Wildman–Crippen LogP) is 2.09. The number of hydrogen-bond donors (Lipinski definition) is 1. The molecule has 1 aromatic rings. The van der Waals surface area contributed by atoms with Crippen molar-refractivity contribution in [3.05, 3.63) is 29.8 Å². The molecule has 2 fully saturated rings. The van der Waals surface area contributed by atoms with Crippen molar-refractivity contribution in [2.24, 2.45) is 11.8 Å². The lowest BCUT2D eigenvalue weighted by Crippen LogP contribution is -2.42. The van der Waals surface area contributed by atoms with E-state index in [1.165, 1.54) is 5.56 Å². The summed E-state index contributed by atoms with van der Waals surface area (Å²) in [6.07, 6.45) is 4.25. The van der Waals surface area contributed by atoms with Gasteiger partial charge >= 0.3 is 0 Å². The second-order valence-electron chi connectivity index (χ2n) is 6.47. The van der Waals surface area contributed by atoms with Crippen molar-refractivity contribution in [3.63, 3.8) is 0 Å². The summed E-state index contributed by atoms with van der Waals surface area (Å²) in [5, 5.41) is 3.29. The first-order valence-corrected chi connectivity index (χ1v) is 8.39. The average molecular weight is 302 g/mol. The molecule has 1 N–H and O–H groups in total. The second kappa shape index (κ2) is 7.14. The molecule has 1 atom stereocenters. The molecule has 2 aliphatic rings. The summed E-state index contributed by atoms with van der Waals surface area (Å²) in [7, 11) is 1.73. The molecule has 22 heavy (non-hydrogen) atoms. The van der Waals surface area contributed by atoms with Crippen LogP contribution in [0.25, 0.3) is 0 Å². The fourth-order valence-corrected chi connectivity index (χ4v) is 3.66. The molecule has 2 aliphatic heterocycles. The number of rotatable bonds is 4. The molecule has 1 aromatic carbocycles. The minimum atomic E-state index is 0.214. The molecule has 120 valence electrons. The zero-order valence-corrected chi connectivity index (χ0v) is 13.4. The average Bonchev–Trinajstić information content (AvgIpc) is 3.10. The van der Waals surface area contributed by atoms with Gasteiger partial charge in [0.2, 0.25) is 5.91 Å². The molecular formula is C18H26N2O2. The molecule has 2 heterocycles. The van der Waals surface area contributed by atoms with Crippen LogP contribution in [0.15, 0.2) is 24.3 Å². The smallest absolute Gasteiger partial charge is 0.227 e. The Labute approximate surface area is 132 Å². The highest BCUT2D eigenvalue weighted by Gasteiger charge is 2.30. The number of hydrogen-bond acceptors (Lipinski definition) is 3. The van der Waals surface area contributed by atoms with Gasteiger partial charge in [-0.25, -0.2) is 0 Å². The summed E-state index contributed by atoms with van der Waals surface area (Å²) in [6, 6.07) is 8.27. The van der Waals surface area contributed by atoms with Crippen LogP contribution in [0, 0.1) is 11.8 Å². The molecule has 4 heteroatoms. The molecule has 0 bridgehead atoms. The third-order valence-electron chi connectivity index (χ3n) is 5.04. The van der Waals surface area contributed by atoms with Gasteiger partial charge in [0.15, 0.2) is 0 Å². The Morgan fingerprint density at radius 2 is 2.05 bits per heavy atom. The first-order chi connectivity index (χ1) is 10.8. The zero-order valence-electron chi connectivity index (χ0n) is 13.4. The van der Waals surface area contributed by atoms with Gasteiger partial charge in [-0.15, -0.1) is 0 Å². The van der Waals surface area contributed by atoms with Gasteiger partial charge in [-0.1, -0.05) is 18.2 Å². The number of nitrogens with one attached hydrogen (secondary N) is 1. The molecule has 0 spiro atoms. The van der Waals surface area contributed by atoms with E-state index in [2.05, 4.69) is 22.3 Å². The van der Waals surface area contributed by atoms with Crippen molar-refractivity contribution in [2.45, 2.75) is 25.7 Å². The Morgan fingerprint density at radius 1 is 1.27 bits per heavy atom. The highest BCUT2D eigenvalue weighted by molar-refractivity contribution is 5.79. The lowest BCUT2D eigenvalue weighted by molar-refractivity contribution is -0.136. The van der Waals surface area contributed by atoms with Crippen LogP contribution in [-0.2, 0) is 11.2 Å². The SMILES string of the molecule is COc1ccccc1CC1CCN(C(=O)C2CCNC2)CC1. The van der Waals surface area contributed by atoms with E-state index in [-0.39, 0.29) is 5.92 Å². The summed E-state index contributed by atoms with van der Waals surface area (Å²) in [4.78, 5) is 14.5. The topological polar surface area (TPSA) is 41.6 Å². The normalized spacial score (nSPS) is 22.8. The number of carbonyl (C=O) groups is 1. The van der Waals surface area contributed by atoms with E-state index in [9.17, 15) is 4.79 Å². The van der Waals surface area contributed by atoms with Crippen LogP contribution in [0.2, 0.25) is 0 Å². The molecule has 0 radical (unpaired) electrons. The number of amides is 1. The van der Waals surface area contributed by atoms with E-state index < -0.39 is 0 Å². The standard InChI is InChI=1S/C18H26N2O2/c1-22-17-5-3-2-4-15(17)12-14-7-10-20(11-8-14)18(21)16-6-9-19-13-16/h2-5,14,16,19H,6-13H2,1H3. The van der Waals surface area contributed by atoms with Crippen LogP contribution in [0.3, 0.4) is 0 Å². The lowest BCUT2D eigenvalue weighted by Gasteiger charge is -2.33. The first-order valence-electron chi connectivity index (χ1n) is 8.39. The van der Waals surface area contributed by atoms with Crippen LogP contribution in [0.4, 0.5) is 0 Å². The van der Waals surface area contributed by atoms with Crippen molar-refractivity contribution in [3.8, 4) is 5.75 Å². The highest BCUT2D eigenvalue weighted by Crippen LogP contribution is 2.27. The van der Waals surface area contributed by atoms with E-state index in [0.717, 1.165) is 57.6 Å². The summed E-state index contributed by atoms with van der Waals surface area (Å²) >= 11 is 0. The predicted molar refractivity (Wildman–Crippen MR) is 87.0 cm³/mol. The van der Waals surface area contributed by atoms with Crippen molar-refractivity contribution >= 4 is 5.91 Å². The maximum Gasteiger partial charge on any atom is 0.227 e. The quantitative estimate of drug-likeness (QED) is 0.926. The van der Waals surface area contributed by atoms with Crippen molar-refractivity contribution < 1.29 is 9.53 Å². The van der Waals surface area contributed by atoms with Crippen LogP contribution in [-0.4, -0.2) is 44.1 Å². The maximum atomic E-state index is 12.4. The Hall–Kier alpha value is -1.55. The van der Waals surface area contributed by atoms with Gasteiger partial charge in [0.05, 0.1) is 13.0 Å². The number of para-hydroxylation sites is 1. The molecule has 0 aromatic heterocycles. The van der Waals surface area contributed by atoms with Gasteiger partial charge < -0.3 is 15.0 Å². The maximum absolute atomic E-state index is 12.4. The van der Waals surface area contributed by atoms with Gasteiger partial charge in [0, 0.05) is 19.6 Å². The number of piperidine rings is 1. The van der Waals surface area contributed by atoms with Crippen LogP contribution in [0.1, 0.15) is 24.8 Å². The van der Waals surface area contributed by atoms with E-state index in [1.807, 2.05) is 12.1 Å². The molecule has 1 amide bonds. The molecule has 2 saturated heterocycles.